The van der Waals surface area contributed by atoms with Gasteiger partial charge in [-0.1, -0.05) is 24.3 Å². The Morgan fingerprint density at radius 1 is 0.844 bits per heavy atom. The van der Waals surface area contributed by atoms with E-state index in [9.17, 15) is 75.9 Å². The number of ether oxygens (including phenoxy) is 5. The number of carbonyl (C=O) groups is 3. The summed E-state index contributed by atoms with van der Waals surface area (Å²) in [7, 11) is -10.9. The number of halogens is 4. The predicted molar refractivity (Wildman–Crippen MR) is 246 cm³/mol. The highest BCUT2D eigenvalue weighted by Crippen LogP contribution is 2.50. The third-order valence-electron chi connectivity index (χ3n) is 11.1. The molecular formula is C41H46F4N10O20P2. The molecule has 418 valence electrons. The van der Waals surface area contributed by atoms with Crippen LogP contribution in [0.5, 0.6) is 0 Å². The van der Waals surface area contributed by atoms with Gasteiger partial charge >= 0.3 is 39.6 Å². The fourth-order valence-corrected chi connectivity index (χ4v) is 8.73. The largest absolute Gasteiger partial charge is 0.472 e. The summed E-state index contributed by atoms with van der Waals surface area (Å²) >= 11 is 0. The average molecular weight is 1140 g/mol. The van der Waals surface area contributed by atoms with Gasteiger partial charge in [0.1, 0.15) is 60.6 Å². The number of imidazole rings is 1. The molecule has 36 heteroatoms. The Labute approximate surface area is 428 Å². The van der Waals surface area contributed by atoms with E-state index < -0.39 is 146 Å². The van der Waals surface area contributed by atoms with Crippen molar-refractivity contribution in [2.75, 3.05) is 43.2 Å². The normalized spacial score (nSPS) is 23.2. The van der Waals surface area contributed by atoms with E-state index in [2.05, 4.69) is 29.8 Å². The first kappa shape index (κ1) is 58.1. The van der Waals surface area contributed by atoms with E-state index in [4.69, 9.17) is 44.2 Å². The number of alkyl carbamates (subject to hydrolysis) is 1. The van der Waals surface area contributed by atoms with Gasteiger partial charge in [-0.3, -0.25) is 27.5 Å². The molecule has 2 aromatic carbocycles. The second kappa shape index (κ2) is 24.4. The Bertz CT molecular complexity index is 3050. The molecule has 7 rings (SSSR count). The number of phosphoric acid groups is 2. The number of nitrogens with one attached hydrogen (secondary N) is 2. The molecule has 0 bridgehead atoms. The number of nitrogens with zero attached hydrogens (tertiary/aromatic N) is 6. The number of amides is 2. The maximum Gasteiger partial charge on any atom is 0.472 e. The number of carbonyl (C=O) groups excluding carboxylic acids is 3. The number of esters is 1. The molecule has 0 saturated carbocycles. The summed E-state index contributed by atoms with van der Waals surface area (Å²) in [5.41, 5.74) is 11.4. The first-order chi connectivity index (χ1) is 36.2. The molecule has 5 aromatic rings. The van der Waals surface area contributed by atoms with Crippen molar-refractivity contribution in [3.63, 3.8) is 0 Å². The molecule has 12 N–H and O–H groups in total. The molecule has 11 atom stereocenters. The van der Waals surface area contributed by atoms with Crippen LogP contribution in [0, 0.1) is 5.82 Å². The SMILES string of the molecule is Nc1ccn([C@@H]2O[C@H](COP(=O)(O)O)[C@@H](OP(=O)(O)OC[C@H]3O[C@@H](n4cnc5c(N)ncnc54)[C@H](O)[C@@H]3OC(=O)C(COCC(O)C(F)(F)F)NC(=O)OCc3ccc(NC(=O)Cc4ccc(F)cc4)cc3)[C@H]2O)c(=O)n1. The Kier molecular flexibility index (Phi) is 18.4. The number of nitrogen functional groups attached to an aromatic ring is 2. The summed E-state index contributed by atoms with van der Waals surface area (Å²) in [4.78, 5) is 97.3. The molecule has 0 aliphatic carbocycles. The maximum atomic E-state index is 14.0. The second-order valence-electron chi connectivity index (χ2n) is 16.7. The van der Waals surface area contributed by atoms with Crippen LogP contribution in [0.4, 0.5) is 39.7 Å². The molecule has 5 heterocycles. The standard InChI is InChI=1S/C41H46F4N10O20P2/c42-21-5-1-19(2-6-21)11-28(57)51-22-7-3-20(4-8-22)12-69-40(62)52-23(13-68-16-26(56)41(43,44)45)38(60)74-32-24(72-37(30(32)58)55-18-50-29-34(47)48-17-49-35(29)55)15-71-77(66,67)75-33-25(14-70-76(63,64)65)73-36(31(33)59)54-10-9-27(46)53-39(54)61/h1-10,17-18,23-26,30-33,36-37,56,58-59H,11-16H2,(H,51,57)(H,52,62)(H,66,67)(H2,46,53,61)(H2,47,48,49)(H2,63,64,65)/t23?,24-,25-,26?,30-,31-,32-,33-,36-,37-/m1/s1. The number of rotatable bonds is 22. The molecule has 3 unspecified atom stereocenters. The Balaban J connectivity index is 1.07. The monoisotopic (exact) mass is 1140 g/mol. The number of nitrogens with two attached hydrogens (primary N) is 2. The van der Waals surface area contributed by atoms with Crippen molar-refractivity contribution in [1.82, 2.24) is 34.4 Å². The van der Waals surface area contributed by atoms with Gasteiger partial charge in [-0.25, -0.2) is 42.9 Å². The van der Waals surface area contributed by atoms with E-state index in [1.54, 1.807) is 0 Å². The zero-order chi connectivity index (χ0) is 56.0. The van der Waals surface area contributed by atoms with Crippen LogP contribution in [-0.2, 0) is 69.0 Å². The van der Waals surface area contributed by atoms with Crippen LogP contribution < -0.4 is 27.8 Å². The number of anilines is 3. The lowest BCUT2D eigenvalue weighted by Crippen LogP contribution is -2.49. The molecule has 0 radical (unpaired) electrons. The molecular weight excluding hydrogens is 1090 g/mol. The number of fused-ring (bicyclic) bond motifs is 1. The number of aliphatic hydroxyl groups excluding tert-OH is 3. The van der Waals surface area contributed by atoms with Gasteiger partial charge in [-0.05, 0) is 41.5 Å². The van der Waals surface area contributed by atoms with Crippen molar-refractivity contribution in [3.8, 4) is 0 Å². The molecule has 3 aromatic heterocycles. The van der Waals surface area contributed by atoms with Gasteiger partial charge in [0.15, 0.2) is 42.2 Å². The number of hydrogen-bond donors (Lipinski definition) is 10. The lowest BCUT2D eigenvalue weighted by Gasteiger charge is -2.26. The van der Waals surface area contributed by atoms with E-state index in [0.29, 0.717) is 21.4 Å². The highest BCUT2D eigenvalue weighted by molar-refractivity contribution is 7.47. The van der Waals surface area contributed by atoms with Gasteiger partial charge in [0.2, 0.25) is 5.91 Å². The van der Waals surface area contributed by atoms with E-state index >= 15 is 0 Å². The van der Waals surface area contributed by atoms with E-state index in [1.165, 1.54) is 48.5 Å². The minimum atomic E-state index is -5.62. The predicted octanol–water partition coefficient (Wildman–Crippen LogP) is -0.157. The Morgan fingerprint density at radius 3 is 2.14 bits per heavy atom. The average Bonchev–Trinajstić information content (AvgIpc) is 4.05. The van der Waals surface area contributed by atoms with Gasteiger partial charge in [0.25, 0.3) is 0 Å². The summed E-state index contributed by atoms with van der Waals surface area (Å²) in [5.74, 6) is -2.88. The van der Waals surface area contributed by atoms with Crippen LogP contribution in [0.25, 0.3) is 11.2 Å². The number of phosphoric ester groups is 2. The van der Waals surface area contributed by atoms with Crippen LogP contribution in [0.15, 0.2) is 78.2 Å². The molecule has 2 aliphatic heterocycles. The topological polar surface area (TPSA) is 435 Å². The van der Waals surface area contributed by atoms with Crippen molar-refractivity contribution in [1.29, 1.82) is 0 Å². The number of alkyl halides is 3. The summed E-state index contributed by atoms with van der Waals surface area (Å²) in [6.07, 6.45) is -22.2. The summed E-state index contributed by atoms with van der Waals surface area (Å²) in [6.45, 7) is -5.44. The Hall–Kier alpha value is -6.62. The summed E-state index contributed by atoms with van der Waals surface area (Å²) in [5, 5.41) is 37.1. The third kappa shape index (κ3) is 15.3. The smallest absolute Gasteiger partial charge is 0.455 e. The zero-order valence-electron chi connectivity index (χ0n) is 39.1. The van der Waals surface area contributed by atoms with E-state index in [1.807, 2.05) is 5.32 Å². The van der Waals surface area contributed by atoms with Gasteiger partial charge in [0, 0.05) is 11.9 Å². The molecule has 30 nitrogen and oxygen atoms in total. The third-order valence-corrected chi connectivity index (χ3v) is 12.6. The van der Waals surface area contributed by atoms with Gasteiger partial charge < -0.3 is 75.8 Å². The lowest BCUT2D eigenvalue weighted by atomic mass is 10.1. The summed E-state index contributed by atoms with van der Waals surface area (Å²) in [6, 6.07) is 10.0. The first-order valence-electron chi connectivity index (χ1n) is 22.2. The van der Waals surface area contributed by atoms with Crippen LogP contribution in [0.1, 0.15) is 23.6 Å². The Morgan fingerprint density at radius 2 is 1.48 bits per heavy atom. The lowest BCUT2D eigenvalue weighted by molar-refractivity contribution is -0.218. The molecule has 2 amide bonds. The highest BCUT2D eigenvalue weighted by Gasteiger charge is 2.52. The van der Waals surface area contributed by atoms with Crippen molar-refractivity contribution in [2.24, 2.45) is 0 Å². The fourth-order valence-electron chi connectivity index (χ4n) is 7.43. The number of hydrogen-bond acceptors (Lipinski definition) is 23. The molecule has 77 heavy (non-hydrogen) atoms. The van der Waals surface area contributed by atoms with Crippen molar-refractivity contribution in [3.05, 3.63) is 101 Å². The van der Waals surface area contributed by atoms with Crippen LogP contribution in [-0.4, -0.2) is 158 Å². The first-order valence-corrected chi connectivity index (χ1v) is 25.2. The van der Waals surface area contributed by atoms with Crippen LogP contribution in [0.3, 0.4) is 0 Å². The van der Waals surface area contributed by atoms with Crippen molar-refractivity contribution < 1.29 is 108 Å². The molecule has 0 spiro atoms. The minimum absolute atomic E-state index is 0.0167. The maximum absolute atomic E-state index is 14.0. The fraction of sp³-hybridized carbons (Fsp3) is 0.415. The van der Waals surface area contributed by atoms with Crippen molar-refractivity contribution in [2.45, 2.75) is 80.4 Å². The van der Waals surface area contributed by atoms with Gasteiger partial charge in [0.05, 0.1) is 39.2 Å². The quantitative estimate of drug-likeness (QED) is 0.0245. The van der Waals surface area contributed by atoms with E-state index in [-0.39, 0.29) is 29.2 Å². The molecule has 2 aliphatic rings. The summed E-state index contributed by atoms with van der Waals surface area (Å²) < 4.78 is 122. The highest BCUT2D eigenvalue weighted by atomic mass is 31.2. The molecule has 2 fully saturated rings. The number of aliphatic hydroxyl groups is 3. The van der Waals surface area contributed by atoms with Crippen molar-refractivity contribution >= 4 is 62.1 Å². The van der Waals surface area contributed by atoms with Crippen LogP contribution in [0.2, 0.25) is 0 Å². The minimum Gasteiger partial charge on any atom is -0.455 e. The van der Waals surface area contributed by atoms with Crippen LogP contribution >= 0.6 is 15.6 Å². The molecule has 2 saturated heterocycles. The number of benzene rings is 2. The van der Waals surface area contributed by atoms with Gasteiger partial charge in [-0.2, -0.15) is 18.2 Å². The zero-order valence-corrected chi connectivity index (χ0v) is 40.9. The van der Waals surface area contributed by atoms with E-state index in [0.717, 1.165) is 29.5 Å². The van der Waals surface area contributed by atoms with Gasteiger partial charge in [-0.15, -0.1) is 0 Å². The second-order valence-corrected chi connectivity index (χ2v) is 19.3. The number of aromatic nitrogens is 6.